The quantitative estimate of drug-likeness (QED) is 0.706. The normalized spacial score (nSPS) is 10.8. The zero-order chi connectivity index (χ0) is 14.5. The second-order valence-electron chi connectivity index (χ2n) is 5.83. The number of benzene rings is 2. The first-order valence-electron chi connectivity index (χ1n) is 7.37. The van der Waals surface area contributed by atoms with Crippen molar-refractivity contribution < 1.29 is 4.74 Å². The number of rotatable bonds is 5. The van der Waals surface area contributed by atoms with E-state index in [1.807, 2.05) is 0 Å². The van der Waals surface area contributed by atoms with E-state index in [1.54, 1.807) is 0 Å². The molecule has 0 N–H and O–H groups in total. The molecule has 0 saturated heterocycles. The van der Waals surface area contributed by atoms with Crippen LogP contribution in [0.5, 0.6) is 5.75 Å². The SMILES string of the molecule is Cc1cc(OCCC(C)C)cc(C)c1-c1ccccc1. The summed E-state index contributed by atoms with van der Waals surface area (Å²) >= 11 is 0. The van der Waals surface area contributed by atoms with Crippen molar-refractivity contribution >= 4 is 0 Å². The molecular weight excluding hydrogens is 244 g/mol. The molecular formula is C19H24O. The molecule has 20 heavy (non-hydrogen) atoms. The Labute approximate surface area is 122 Å². The minimum absolute atomic E-state index is 0.681. The molecule has 0 aromatic heterocycles. The van der Waals surface area contributed by atoms with E-state index in [2.05, 4.69) is 70.2 Å². The lowest BCUT2D eigenvalue weighted by Gasteiger charge is -2.14. The Morgan fingerprint density at radius 3 is 2.10 bits per heavy atom. The van der Waals surface area contributed by atoms with Gasteiger partial charge in [0.05, 0.1) is 6.61 Å². The molecule has 0 fully saturated rings. The van der Waals surface area contributed by atoms with Gasteiger partial charge in [-0.15, -0.1) is 0 Å². The molecule has 0 aliphatic rings. The Morgan fingerprint density at radius 2 is 1.55 bits per heavy atom. The first-order valence-corrected chi connectivity index (χ1v) is 7.37. The molecule has 0 saturated carbocycles. The van der Waals surface area contributed by atoms with E-state index in [4.69, 9.17) is 4.74 Å². The summed E-state index contributed by atoms with van der Waals surface area (Å²) in [5, 5.41) is 0. The number of ether oxygens (including phenoxy) is 1. The number of hydrogen-bond acceptors (Lipinski definition) is 1. The van der Waals surface area contributed by atoms with Crippen molar-refractivity contribution in [3.8, 4) is 16.9 Å². The van der Waals surface area contributed by atoms with E-state index >= 15 is 0 Å². The van der Waals surface area contributed by atoms with Crippen molar-refractivity contribution in [3.63, 3.8) is 0 Å². The van der Waals surface area contributed by atoms with Crippen molar-refractivity contribution in [2.45, 2.75) is 34.1 Å². The van der Waals surface area contributed by atoms with Crippen LogP contribution in [0.3, 0.4) is 0 Å². The van der Waals surface area contributed by atoms with Crippen LogP contribution in [-0.4, -0.2) is 6.61 Å². The number of aryl methyl sites for hydroxylation is 2. The second kappa shape index (κ2) is 6.60. The third-order valence-corrected chi connectivity index (χ3v) is 3.53. The molecule has 1 nitrogen and oxygen atoms in total. The molecule has 0 aliphatic carbocycles. The average Bonchev–Trinajstić information content (AvgIpc) is 2.38. The molecule has 1 heteroatoms. The van der Waals surface area contributed by atoms with E-state index in [-0.39, 0.29) is 0 Å². The highest BCUT2D eigenvalue weighted by Crippen LogP contribution is 2.30. The zero-order valence-corrected chi connectivity index (χ0v) is 12.9. The third kappa shape index (κ3) is 3.63. The van der Waals surface area contributed by atoms with Gasteiger partial charge >= 0.3 is 0 Å². The van der Waals surface area contributed by atoms with Crippen molar-refractivity contribution in [3.05, 3.63) is 53.6 Å². The Hall–Kier alpha value is -1.76. The van der Waals surface area contributed by atoms with Gasteiger partial charge in [-0.1, -0.05) is 44.2 Å². The highest BCUT2D eigenvalue weighted by Gasteiger charge is 2.08. The predicted octanol–water partition coefficient (Wildman–Crippen LogP) is 5.40. The van der Waals surface area contributed by atoms with Crippen LogP contribution in [0, 0.1) is 19.8 Å². The van der Waals surface area contributed by atoms with Crippen molar-refractivity contribution in [1.29, 1.82) is 0 Å². The predicted molar refractivity (Wildman–Crippen MR) is 86.3 cm³/mol. The topological polar surface area (TPSA) is 9.23 Å². The van der Waals surface area contributed by atoms with Crippen LogP contribution in [0.15, 0.2) is 42.5 Å². The molecule has 0 unspecified atom stereocenters. The Balaban J connectivity index is 2.21. The molecule has 0 atom stereocenters. The highest BCUT2D eigenvalue weighted by molar-refractivity contribution is 5.71. The maximum absolute atomic E-state index is 5.87. The standard InChI is InChI=1S/C19H24O/c1-14(2)10-11-20-18-12-15(3)19(16(4)13-18)17-8-6-5-7-9-17/h5-9,12-14H,10-11H2,1-4H3. The summed E-state index contributed by atoms with van der Waals surface area (Å²) in [5.74, 6) is 1.67. The van der Waals surface area contributed by atoms with Gasteiger partial charge in [-0.25, -0.2) is 0 Å². The first kappa shape index (κ1) is 14.6. The van der Waals surface area contributed by atoms with Gasteiger partial charge in [0.25, 0.3) is 0 Å². The van der Waals surface area contributed by atoms with Crippen molar-refractivity contribution in [2.75, 3.05) is 6.61 Å². The van der Waals surface area contributed by atoms with Crippen LogP contribution in [-0.2, 0) is 0 Å². The molecule has 0 radical (unpaired) electrons. The first-order chi connectivity index (χ1) is 9.58. The summed E-state index contributed by atoms with van der Waals surface area (Å²) < 4.78 is 5.87. The largest absolute Gasteiger partial charge is 0.494 e. The average molecular weight is 268 g/mol. The summed E-state index contributed by atoms with van der Waals surface area (Å²) in [6.45, 7) is 9.55. The maximum Gasteiger partial charge on any atom is 0.119 e. The van der Waals surface area contributed by atoms with E-state index < -0.39 is 0 Å². The fourth-order valence-corrected chi connectivity index (χ4v) is 2.48. The van der Waals surface area contributed by atoms with E-state index in [1.165, 1.54) is 22.3 Å². The minimum atomic E-state index is 0.681. The molecule has 0 bridgehead atoms. The van der Waals surface area contributed by atoms with Crippen LogP contribution in [0.25, 0.3) is 11.1 Å². The van der Waals surface area contributed by atoms with E-state index in [9.17, 15) is 0 Å². The highest BCUT2D eigenvalue weighted by atomic mass is 16.5. The molecule has 0 spiro atoms. The van der Waals surface area contributed by atoms with E-state index in [0.29, 0.717) is 5.92 Å². The van der Waals surface area contributed by atoms with Gasteiger partial charge in [0.15, 0.2) is 0 Å². The molecule has 106 valence electrons. The lowest BCUT2D eigenvalue weighted by atomic mass is 9.95. The second-order valence-corrected chi connectivity index (χ2v) is 5.83. The zero-order valence-electron chi connectivity index (χ0n) is 12.9. The van der Waals surface area contributed by atoms with Gasteiger partial charge in [-0.3, -0.25) is 0 Å². The minimum Gasteiger partial charge on any atom is -0.494 e. The molecule has 0 aliphatic heterocycles. The Kier molecular flexibility index (Phi) is 4.84. The summed E-state index contributed by atoms with van der Waals surface area (Å²) in [5.41, 5.74) is 5.14. The van der Waals surface area contributed by atoms with Crippen molar-refractivity contribution in [1.82, 2.24) is 0 Å². The van der Waals surface area contributed by atoms with Crippen LogP contribution < -0.4 is 4.74 Å². The Morgan fingerprint density at radius 1 is 0.950 bits per heavy atom. The summed E-state index contributed by atoms with van der Waals surface area (Å²) in [7, 11) is 0. The van der Waals surface area contributed by atoms with Crippen molar-refractivity contribution in [2.24, 2.45) is 5.92 Å². The van der Waals surface area contributed by atoms with Gasteiger partial charge in [0.2, 0.25) is 0 Å². The monoisotopic (exact) mass is 268 g/mol. The summed E-state index contributed by atoms with van der Waals surface area (Å²) in [4.78, 5) is 0. The van der Waals surface area contributed by atoms with Gasteiger partial charge in [-0.2, -0.15) is 0 Å². The molecule has 0 amide bonds. The summed E-state index contributed by atoms with van der Waals surface area (Å²) in [6.07, 6.45) is 1.10. The van der Waals surface area contributed by atoms with Crippen LogP contribution in [0.2, 0.25) is 0 Å². The van der Waals surface area contributed by atoms with Crippen LogP contribution in [0.4, 0.5) is 0 Å². The van der Waals surface area contributed by atoms with E-state index in [0.717, 1.165) is 18.8 Å². The molecule has 2 aromatic carbocycles. The fraction of sp³-hybridized carbons (Fsp3) is 0.368. The summed E-state index contributed by atoms with van der Waals surface area (Å²) in [6, 6.07) is 14.8. The molecule has 0 heterocycles. The van der Waals surface area contributed by atoms with Gasteiger partial charge in [-0.05, 0) is 60.6 Å². The lowest BCUT2D eigenvalue weighted by Crippen LogP contribution is -2.02. The fourth-order valence-electron chi connectivity index (χ4n) is 2.48. The van der Waals surface area contributed by atoms with Gasteiger partial charge in [0.1, 0.15) is 5.75 Å². The van der Waals surface area contributed by atoms with Crippen LogP contribution >= 0.6 is 0 Å². The number of hydrogen-bond donors (Lipinski definition) is 0. The molecule has 2 aromatic rings. The lowest BCUT2D eigenvalue weighted by molar-refractivity contribution is 0.289. The third-order valence-electron chi connectivity index (χ3n) is 3.53. The smallest absolute Gasteiger partial charge is 0.119 e. The molecule has 2 rings (SSSR count). The Bertz CT molecular complexity index is 532. The van der Waals surface area contributed by atoms with Gasteiger partial charge in [0, 0.05) is 0 Å². The maximum atomic E-state index is 5.87. The van der Waals surface area contributed by atoms with Crippen LogP contribution in [0.1, 0.15) is 31.4 Å². The van der Waals surface area contributed by atoms with Gasteiger partial charge < -0.3 is 4.74 Å².